The molecule has 2 heterocycles. The van der Waals surface area contributed by atoms with E-state index in [4.69, 9.17) is 4.74 Å². The molecule has 112 valence electrons. The summed E-state index contributed by atoms with van der Waals surface area (Å²) in [5.74, 6) is -0.740. The number of hydrogen-bond acceptors (Lipinski definition) is 6. The summed E-state index contributed by atoms with van der Waals surface area (Å²) in [4.78, 5) is 18.2. The Hall–Kier alpha value is -2.61. The van der Waals surface area contributed by atoms with Crippen molar-refractivity contribution in [2.45, 2.75) is 13.0 Å². The average Bonchev–Trinajstić information content (AvgIpc) is 2.94. The number of pyridine rings is 1. The van der Waals surface area contributed by atoms with Gasteiger partial charge < -0.3 is 14.9 Å². The summed E-state index contributed by atoms with van der Waals surface area (Å²) in [5, 5.41) is 11.0. The summed E-state index contributed by atoms with van der Waals surface area (Å²) in [6.07, 6.45) is 0.708. The van der Waals surface area contributed by atoms with Crippen molar-refractivity contribution in [3.63, 3.8) is 0 Å². The van der Waals surface area contributed by atoms with Gasteiger partial charge in [-0.05, 0) is 41.1 Å². The third-order valence-corrected chi connectivity index (χ3v) is 3.87. The highest BCUT2D eigenvalue weighted by Crippen LogP contribution is 2.32. The molecule has 0 fully saturated rings. The Balaban J connectivity index is 1.99. The van der Waals surface area contributed by atoms with E-state index >= 15 is 0 Å². The zero-order chi connectivity index (χ0) is 15.7. The van der Waals surface area contributed by atoms with E-state index in [0.717, 1.165) is 0 Å². The van der Waals surface area contributed by atoms with Gasteiger partial charge in [0.05, 0.1) is 15.7 Å². The lowest BCUT2D eigenvalue weighted by Crippen LogP contribution is -2.07. The maximum absolute atomic E-state index is 13.7. The second-order valence-electron chi connectivity index (χ2n) is 4.54. The third-order valence-electron chi connectivity index (χ3n) is 3.10. The Bertz CT molecular complexity index is 852. The van der Waals surface area contributed by atoms with Crippen LogP contribution in [0, 0.1) is 15.9 Å². The molecule has 0 spiro atoms. The highest BCUT2D eigenvalue weighted by molar-refractivity contribution is 7.16. The molecule has 8 heteroatoms. The van der Waals surface area contributed by atoms with Crippen molar-refractivity contribution in [2.24, 2.45) is 0 Å². The van der Waals surface area contributed by atoms with Crippen LogP contribution in [0.4, 0.5) is 10.2 Å². The van der Waals surface area contributed by atoms with Crippen LogP contribution in [0.5, 0.6) is 5.75 Å². The average molecular weight is 319 g/mol. The van der Waals surface area contributed by atoms with E-state index in [-0.39, 0.29) is 11.6 Å². The van der Waals surface area contributed by atoms with Gasteiger partial charge in [-0.2, -0.15) is 0 Å². The number of nitrogens with zero attached hydrogens (tertiary/aromatic N) is 3. The van der Waals surface area contributed by atoms with Gasteiger partial charge in [0.2, 0.25) is 5.75 Å². The molecule has 0 radical (unpaired) electrons. The molecule has 0 aliphatic heterocycles. The number of hydrogen-bond donors (Lipinski definition) is 0. The molecule has 0 amide bonds. The zero-order valence-electron chi connectivity index (χ0n) is 11.4. The van der Waals surface area contributed by atoms with Gasteiger partial charge in [-0.1, -0.05) is 0 Å². The monoisotopic (exact) mass is 319 g/mol. The van der Waals surface area contributed by atoms with Gasteiger partial charge in [-0.3, -0.25) is 0 Å². The molecule has 0 unspecified atom stereocenters. The van der Waals surface area contributed by atoms with E-state index < -0.39 is 16.8 Å². The summed E-state index contributed by atoms with van der Waals surface area (Å²) < 4.78 is 20.0. The summed E-state index contributed by atoms with van der Waals surface area (Å²) in [7, 11) is 0. The lowest BCUT2D eigenvalue weighted by atomic mass is 10.1. The van der Waals surface area contributed by atoms with Crippen molar-refractivity contribution in [2.75, 3.05) is 0 Å². The number of thiazole rings is 1. The fourth-order valence-electron chi connectivity index (χ4n) is 2.13. The van der Waals surface area contributed by atoms with E-state index in [1.165, 1.54) is 35.7 Å². The van der Waals surface area contributed by atoms with Gasteiger partial charge in [0.1, 0.15) is 18.1 Å². The van der Waals surface area contributed by atoms with Gasteiger partial charge in [0.15, 0.2) is 0 Å². The number of aromatic nitrogens is 2. The Kier molecular flexibility index (Phi) is 3.68. The molecule has 6 nitrogen and oxygen atoms in total. The van der Waals surface area contributed by atoms with E-state index in [9.17, 15) is 14.5 Å². The van der Waals surface area contributed by atoms with E-state index in [2.05, 4.69) is 9.97 Å². The van der Waals surface area contributed by atoms with Crippen LogP contribution in [0.1, 0.15) is 18.6 Å². The van der Waals surface area contributed by atoms with Crippen molar-refractivity contribution in [1.82, 2.24) is 9.97 Å². The second-order valence-corrected chi connectivity index (χ2v) is 5.42. The van der Waals surface area contributed by atoms with E-state index in [1.54, 1.807) is 18.5 Å². The van der Waals surface area contributed by atoms with Gasteiger partial charge in [-0.15, -0.1) is 11.3 Å². The van der Waals surface area contributed by atoms with Crippen LogP contribution in [-0.2, 0) is 0 Å². The standard InChI is InChI=1S/C14H10FN3O3S/c1-8(21-11-3-2-4-16-14(11)18(19)20)10-5-9(15)6-12-13(10)17-7-22-12/h2-8H,1H3/t8-/m0/s1. The normalized spacial score (nSPS) is 12.3. The molecule has 1 aromatic carbocycles. The van der Waals surface area contributed by atoms with Crippen LogP contribution in [0.2, 0.25) is 0 Å². The smallest absolute Gasteiger partial charge is 0.406 e. The van der Waals surface area contributed by atoms with Gasteiger partial charge in [0, 0.05) is 5.56 Å². The van der Waals surface area contributed by atoms with E-state index in [0.29, 0.717) is 15.8 Å². The maximum atomic E-state index is 13.7. The van der Waals surface area contributed by atoms with Crippen LogP contribution >= 0.6 is 11.3 Å². The summed E-state index contributed by atoms with van der Waals surface area (Å²) in [6, 6.07) is 5.73. The number of rotatable bonds is 4. The molecular formula is C14H10FN3O3S. The first-order valence-corrected chi connectivity index (χ1v) is 7.23. The minimum Gasteiger partial charge on any atom is -0.478 e. The Morgan fingerprint density at radius 3 is 3.00 bits per heavy atom. The molecule has 22 heavy (non-hydrogen) atoms. The molecule has 0 aliphatic rings. The lowest BCUT2D eigenvalue weighted by molar-refractivity contribution is -0.390. The molecule has 0 N–H and O–H groups in total. The highest BCUT2D eigenvalue weighted by Gasteiger charge is 2.21. The van der Waals surface area contributed by atoms with Crippen LogP contribution in [0.25, 0.3) is 10.2 Å². The van der Waals surface area contributed by atoms with E-state index in [1.807, 2.05) is 0 Å². The van der Waals surface area contributed by atoms with Crippen molar-refractivity contribution in [3.8, 4) is 5.75 Å². The Morgan fingerprint density at radius 1 is 1.41 bits per heavy atom. The first kappa shape index (κ1) is 14.3. The molecule has 0 saturated heterocycles. The number of halogens is 1. The van der Waals surface area contributed by atoms with Crippen molar-refractivity contribution in [1.29, 1.82) is 0 Å². The van der Waals surface area contributed by atoms with Crippen molar-refractivity contribution in [3.05, 3.63) is 57.5 Å². The van der Waals surface area contributed by atoms with Gasteiger partial charge in [0.25, 0.3) is 0 Å². The predicted octanol–water partition coefficient (Wildman–Crippen LogP) is 3.88. The third kappa shape index (κ3) is 2.60. The van der Waals surface area contributed by atoms with Crippen LogP contribution < -0.4 is 4.74 Å². The largest absolute Gasteiger partial charge is 0.478 e. The lowest BCUT2D eigenvalue weighted by Gasteiger charge is -2.15. The molecule has 2 aromatic heterocycles. The fourth-order valence-corrected chi connectivity index (χ4v) is 2.87. The first-order chi connectivity index (χ1) is 10.6. The molecule has 1 atom stereocenters. The number of fused-ring (bicyclic) bond motifs is 1. The maximum Gasteiger partial charge on any atom is 0.406 e. The zero-order valence-corrected chi connectivity index (χ0v) is 12.2. The summed E-state index contributed by atoms with van der Waals surface area (Å²) >= 11 is 1.32. The predicted molar refractivity (Wildman–Crippen MR) is 79.5 cm³/mol. The molecule has 3 aromatic rings. The number of nitro groups is 1. The first-order valence-electron chi connectivity index (χ1n) is 6.35. The van der Waals surface area contributed by atoms with Gasteiger partial charge in [-0.25, -0.2) is 9.37 Å². The van der Waals surface area contributed by atoms with Crippen molar-refractivity contribution >= 4 is 27.4 Å². The minimum atomic E-state index is -0.619. The van der Waals surface area contributed by atoms with Crippen molar-refractivity contribution < 1.29 is 14.1 Å². The van der Waals surface area contributed by atoms with Crippen LogP contribution in [0.15, 0.2) is 36.0 Å². The summed E-state index contributed by atoms with van der Waals surface area (Å²) in [6.45, 7) is 1.68. The SMILES string of the molecule is C[C@H](Oc1cccnc1[N+](=O)[O-])c1cc(F)cc2scnc12. The molecule has 0 aliphatic carbocycles. The second kappa shape index (κ2) is 5.64. The highest BCUT2D eigenvalue weighted by atomic mass is 32.1. The van der Waals surface area contributed by atoms with Crippen LogP contribution in [-0.4, -0.2) is 14.9 Å². The minimum absolute atomic E-state index is 0.0349. The Morgan fingerprint density at radius 2 is 2.23 bits per heavy atom. The molecule has 3 rings (SSSR count). The summed E-state index contributed by atoms with van der Waals surface area (Å²) in [5.41, 5.74) is 2.78. The van der Waals surface area contributed by atoms with Gasteiger partial charge >= 0.3 is 5.82 Å². The molecule has 0 bridgehead atoms. The number of ether oxygens (including phenoxy) is 1. The fraction of sp³-hybridized carbons (Fsp3) is 0.143. The molecule has 0 saturated carbocycles. The topological polar surface area (TPSA) is 78.2 Å². The van der Waals surface area contributed by atoms with Crippen LogP contribution in [0.3, 0.4) is 0 Å². The number of benzene rings is 1. The quantitative estimate of drug-likeness (QED) is 0.538. The molecular weight excluding hydrogens is 309 g/mol. The Labute approximate surface area is 128 Å².